The van der Waals surface area contributed by atoms with Gasteiger partial charge in [-0.3, -0.25) is 0 Å². The lowest BCUT2D eigenvalue weighted by Crippen LogP contribution is -2.08. The minimum atomic E-state index is -0.622. The van der Waals surface area contributed by atoms with Crippen LogP contribution < -0.4 is 5.32 Å². The zero-order valence-corrected chi connectivity index (χ0v) is 13.0. The number of para-hydroxylation sites is 1. The normalized spacial score (nSPS) is 10.7. The maximum Gasteiger partial charge on any atom is 0.350 e. The third kappa shape index (κ3) is 4.72. The van der Waals surface area contributed by atoms with Crippen molar-refractivity contribution in [2.24, 2.45) is 0 Å². The summed E-state index contributed by atoms with van der Waals surface area (Å²) in [5.74, 6) is -0.622. The first-order chi connectivity index (χ1) is 11.2. The van der Waals surface area contributed by atoms with Gasteiger partial charge >= 0.3 is 5.97 Å². The second-order valence-corrected chi connectivity index (χ2v) is 4.85. The molecule has 0 aromatic heterocycles. The number of carbonyl (C=O) groups excluding carboxylic acids is 1. The second kappa shape index (κ2) is 8.40. The van der Waals surface area contributed by atoms with Gasteiger partial charge in [-0.1, -0.05) is 48.5 Å². The molecule has 0 radical (unpaired) electrons. The molecule has 0 spiro atoms. The van der Waals surface area contributed by atoms with Crippen LogP contribution in [-0.4, -0.2) is 12.6 Å². The van der Waals surface area contributed by atoms with E-state index < -0.39 is 5.97 Å². The van der Waals surface area contributed by atoms with Gasteiger partial charge in [0.15, 0.2) is 5.57 Å². The highest BCUT2D eigenvalue weighted by Gasteiger charge is 2.10. The number of hydrogen-bond acceptors (Lipinski definition) is 4. The van der Waals surface area contributed by atoms with Gasteiger partial charge in [0, 0.05) is 11.9 Å². The highest BCUT2D eigenvalue weighted by Crippen LogP contribution is 2.19. The average Bonchev–Trinajstić information content (AvgIpc) is 2.58. The quantitative estimate of drug-likeness (QED) is 0.502. The Kier molecular flexibility index (Phi) is 5.96. The van der Waals surface area contributed by atoms with Gasteiger partial charge < -0.3 is 10.1 Å². The highest BCUT2D eigenvalue weighted by molar-refractivity contribution is 5.93. The molecule has 4 nitrogen and oxygen atoms in total. The van der Waals surface area contributed by atoms with E-state index in [1.54, 1.807) is 6.92 Å². The van der Waals surface area contributed by atoms with Crippen molar-refractivity contribution in [3.63, 3.8) is 0 Å². The third-order valence-electron chi connectivity index (χ3n) is 3.24. The molecule has 0 amide bonds. The van der Waals surface area contributed by atoms with Crippen LogP contribution in [-0.2, 0) is 16.0 Å². The Hall–Kier alpha value is -3.06. The van der Waals surface area contributed by atoms with Crippen LogP contribution in [0.4, 0.5) is 5.69 Å². The molecule has 23 heavy (non-hydrogen) atoms. The summed E-state index contributed by atoms with van der Waals surface area (Å²) in [5, 5.41) is 12.1. The van der Waals surface area contributed by atoms with Crippen molar-refractivity contribution in [2.45, 2.75) is 13.3 Å². The monoisotopic (exact) mass is 306 g/mol. The molecule has 0 fully saturated rings. The number of anilines is 1. The maximum absolute atomic E-state index is 11.6. The van der Waals surface area contributed by atoms with E-state index in [2.05, 4.69) is 17.4 Å². The van der Waals surface area contributed by atoms with E-state index in [9.17, 15) is 4.79 Å². The van der Waals surface area contributed by atoms with Crippen LogP contribution in [0.15, 0.2) is 66.4 Å². The van der Waals surface area contributed by atoms with Crippen molar-refractivity contribution in [1.82, 2.24) is 0 Å². The lowest BCUT2D eigenvalue weighted by molar-refractivity contribution is -0.138. The van der Waals surface area contributed by atoms with Gasteiger partial charge in [0.1, 0.15) is 6.07 Å². The van der Waals surface area contributed by atoms with Crippen molar-refractivity contribution < 1.29 is 9.53 Å². The smallest absolute Gasteiger partial charge is 0.350 e. The van der Waals surface area contributed by atoms with Gasteiger partial charge in [-0.05, 0) is 30.5 Å². The number of hydrogen-bond donors (Lipinski definition) is 1. The molecule has 0 aliphatic rings. The minimum absolute atomic E-state index is 0.0543. The van der Waals surface area contributed by atoms with Gasteiger partial charge in [0.25, 0.3) is 0 Å². The van der Waals surface area contributed by atoms with E-state index in [1.807, 2.05) is 48.5 Å². The van der Waals surface area contributed by atoms with Crippen molar-refractivity contribution in [2.75, 3.05) is 11.9 Å². The first-order valence-electron chi connectivity index (χ1n) is 7.40. The molecule has 0 atom stereocenters. The Balaban J connectivity index is 2.17. The van der Waals surface area contributed by atoms with Gasteiger partial charge in [0.05, 0.1) is 6.61 Å². The molecule has 0 unspecified atom stereocenters. The average molecular weight is 306 g/mol. The van der Waals surface area contributed by atoms with Crippen LogP contribution in [0.3, 0.4) is 0 Å². The fourth-order valence-corrected chi connectivity index (χ4v) is 2.13. The molecule has 2 aromatic rings. The lowest BCUT2D eigenvalue weighted by Gasteiger charge is -2.10. The van der Waals surface area contributed by atoms with Crippen LogP contribution in [0.5, 0.6) is 0 Å². The van der Waals surface area contributed by atoms with Crippen LogP contribution in [0.1, 0.15) is 18.1 Å². The van der Waals surface area contributed by atoms with E-state index in [1.165, 1.54) is 11.8 Å². The van der Waals surface area contributed by atoms with Crippen LogP contribution in [0.2, 0.25) is 0 Å². The molecule has 0 aliphatic carbocycles. The molecule has 0 saturated heterocycles. The number of ether oxygens (including phenoxy) is 1. The Bertz CT molecular complexity index is 731. The number of esters is 1. The fraction of sp³-hybridized carbons (Fsp3) is 0.158. The summed E-state index contributed by atoms with van der Waals surface area (Å²) in [6.45, 7) is 1.94. The summed E-state index contributed by atoms with van der Waals surface area (Å²) in [6.07, 6.45) is 2.15. The van der Waals surface area contributed by atoms with Crippen molar-refractivity contribution in [1.29, 1.82) is 5.26 Å². The van der Waals surface area contributed by atoms with E-state index in [4.69, 9.17) is 10.00 Å². The van der Waals surface area contributed by atoms with E-state index in [-0.39, 0.29) is 12.2 Å². The summed E-state index contributed by atoms with van der Waals surface area (Å²) in [6, 6.07) is 19.7. The first-order valence-corrected chi connectivity index (χ1v) is 7.40. The van der Waals surface area contributed by atoms with Gasteiger partial charge in [0.2, 0.25) is 0 Å². The highest BCUT2D eigenvalue weighted by atomic mass is 16.5. The zero-order valence-electron chi connectivity index (χ0n) is 13.0. The van der Waals surface area contributed by atoms with Gasteiger partial charge in [-0.15, -0.1) is 0 Å². The van der Waals surface area contributed by atoms with Crippen molar-refractivity contribution in [3.8, 4) is 6.07 Å². The Morgan fingerprint density at radius 2 is 1.87 bits per heavy atom. The molecule has 0 aliphatic heterocycles. The van der Waals surface area contributed by atoms with Crippen LogP contribution in [0.25, 0.3) is 0 Å². The number of carbonyl (C=O) groups is 1. The zero-order chi connectivity index (χ0) is 16.5. The second-order valence-electron chi connectivity index (χ2n) is 4.85. The molecule has 116 valence electrons. The van der Waals surface area contributed by atoms with Gasteiger partial charge in [-0.2, -0.15) is 5.26 Å². The lowest BCUT2D eigenvalue weighted by atomic mass is 10.0. The number of nitrogens with zero attached hydrogens (tertiary/aromatic N) is 1. The number of rotatable bonds is 6. The Labute approximate surface area is 136 Å². The summed E-state index contributed by atoms with van der Waals surface area (Å²) in [7, 11) is 0. The fourth-order valence-electron chi connectivity index (χ4n) is 2.13. The molecule has 2 aromatic carbocycles. The summed E-state index contributed by atoms with van der Waals surface area (Å²) >= 11 is 0. The molecule has 2 rings (SSSR count). The van der Waals surface area contributed by atoms with Crippen LogP contribution >= 0.6 is 0 Å². The number of nitrogens with one attached hydrogen (secondary N) is 1. The third-order valence-corrected chi connectivity index (χ3v) is 3.24. The molecule has 0 bridgehead atoms. The predicted molar refractivity (Wildman–Crippen MR) is 89.6 cm³/mol. The first kappa shape index (κ1) is 16.3. The molecular formula is C19H18N2O2. The summed E-state index contributed by atoms with van der Waals surface area (Å²) in [4.78, 5) is 11.6. The minimum Gasteiger partial charge on any atom is -0.462 e. The molecule has 1 N–H and O–H groups in total. The van der Waals surface area contributed by atoms with Crippen molar-refractivity contribution >= 4 is 11.7 Å². The standard InChI is InChI=1S/C19H18N2O2/c1-2-23-19(22)17(13-20)14-21-18-11-7-6-10-16(18)12-15-8-4-3-5-9-15/h3-11,14,21H,2,12H2,1H3/b17-14+. The largest absolute Gasteiger partial charge is 0.462 e. The molecule has 0 heterocycles. The molecule has 4 heteroatoms. The Morgan fingerprint density at radius 3 is 2.57 bits per heavy atom. The molecular weight excluding hydrogens is 288 g/mol. The predicted octanol–water partition coefficient (Wildman–Crippen LogP) is 3.66. The van der Waals surface area contributed by atoms with E-state index in [0.717, 1.165) is 17.7 Å². The summed E-state index contributed by atoms with van der Waals surface area (Å²) in [5.41, 5.74) is 3.07. The van der Waals surface area contributed by atoms with E-state index >= 15 is 0 Å². The topological polar surface area (TPSA) is 62.1 Å². The Morgan fingerprint density at radius 1 is 1.17 bits per heavy atom. The number of nitriles is 1. The SMILES string of the molecule is CCOC(=O)/C(C#N)=C/Nc1ccccc1Cc1ccccc1. The maximum atomic E-state index is 11.6. The summed E-state index contributed by atoms with van der Waals surface area (Å²) < 4.78 is 4.84. The van der Waals surface area contributed by atoms with E-state index in [0.29, 0.717) is 0 Å². The number of benzene rings is 2. The van der Waals surface area contributed by atoms with Gasteiger partial charge in [-0.25, -0.2) is 4.79 Å². The van der Waals surface area contributed by atoms with Crippen LogP contribution in [0, 0.1) is 11.3 Å². The van der Waals surface area contributed by atoms with Crippen molar-refractivity contribution in [3.05, 3.63) is 77.5 Å². The molecule has 0 saturated carbocycles.